The molecule has 0 spiro atoms. The average molecular weight is 315 g/mol. The van der Waals surface area contributed by atoms with Crippen molar-refractivity contribution in [3.8, 4) is 0 Å². The van der Waals surface area contributed by atoms with Crippen LogP contribution < -0.4 is 5.73 Å². The Labute approximate surface area is 125 Å². The lowest BCUT2D eigenvalue weighted by Crippen LogP contribution is -2.51. The smallest absolute Gasteiger partial charge is 0.377 e. The van der Waals surface area contributed by atoms with E-state index < -0.39 is 8.80 Å². The molecule has 0 saturated heterocycles. The Hall–Kier alpha value is 0.307. The predicted molar refractivity (Wildman–Crippen MR) is 83.8 cm³/mol. The highest BCUT2D eigenvalue weighted by Crippen LogP contribution is 2.28. The quantitative estimate of drug-likeness (QED) is 0.655. The van der Waals surface area contributed by atoms with E-state index in [0.29, 0.717) is 0 Å². The van der Waals surface area contributed by atoms with E-state index in [1.807, 2.05) is 0 Å². The van der Waals surface area contributed by atoms with Gasteiger partial charge in [0.05, 0.1) is 0 Å². The fourth-order valence-corrected chi connectivity index (χ4v) is 4.04. The minimum absolute atomic E-state index is 0. The summed E-state index contributed by atoms with van der Waals surface area (Å²) in [6, 6.07) is 0.733. The molecule has 0 fully saturated rings. The van der Waals surface area contributed by atoms with Crippen LogP contribution in [0, 0.1) is 5.92 Å². The molecular formula is C12H31ClN2O3Si. The maximum atomic E-state index is 6.41. The molecule has 0 radical (unpaired) electrons. The van der Waals surface area contributed by atoms with E-state index in [9.17, 15) is 0 Å². The van der Waals surface area contributed by atoms with Crippen LogP contribution in [-0.2, 0) is 13.3 Å². The fourth-order valence-electron chi connectivity index (χ4n) is 1.82. The van der Waals surface area contributed by atoms with E-state index in [2.05, 4.69) is 32.8 Å². The highest BCUT2D eigenvalue weighted by Gasteiger charge is 2.43. The molecule has 0 aromatic rings. The van der Waals surface area contributed by atoms with Gasteiger partial charge in [0.2, 0.25) is 0 Å². The van der Waals surface area contributed by atoms with Gasteiger partial charge in [0.1, 0.15) is 0 Å². The van der Waals surface area contributed by atoms with Crippen LogP contribution in [0.5, 0.6) is 0 Å². The van der Waals surface area contributed by atoms with Crippen LogP contribution in [-0.4, -0.2) is 61.2 Å². The first-order valence-electron chi connectivity index (χ1n) is 6.32. The molecule has 0 aliphatic carbocycles. The van der Waals surface area contributed by atoms with E-state index in [0.717, 1.165) is 19.0 Å². The molecule has 0 bridgehead atoms. The van der Waals surface area contributed by atoms with Crippen molar-refractivity contribution in [2.24, 2.45) is 11.7 Å². The second-order valence-electron chi connectivity index (χ2n) is 5.46. The van der Waals surface area contributed by atoms with Gasteiger partial charge >= 0.3 is 8.80 Å². The first kappa shape index (κ1) is 21.6. The lowest BCUT2D eigenvalue weighted by atomic mass is 9.86. The first-order valence-corrected chi connectivity index (χ1v) is 8.25. The fraction of sp³-hybridized carbons (Fsp3) is 1.00. The summed E-state index contributed by atoms with van der Waals surface area (Å²) in [7, 11) is 6.49. The van der Waals surface area contributed by atoms with Crippen molar-refractivity contribution in [2.75, 3.05) is 42.0 Å². The molecule has 2 N–H and O–H groups in total. The Morgan fingerprint density at radius 2 is 1.58 bits per heavy atom. The third-order valence-electron chi connectivity index (χ3n) is 3.71. The molecule has 0 aliphatic rings. The summed E-state index contributed by atoms with van der Waals surface area (Å²) >= 11 is 0. The molecule has 0 saturated carbocycles. The van der Waals surface area contributed by atoms with Crippen molar-refractivity contribution in [2.45, 2.75) is 31.9 Å². The molecule has 0 amide bonds. The molecule has 5 nitrogen and oxygen atoms in total. The van der Waals surface area contributed by atoms with Gasteiger partial charge in [-0.2, -0.15) is 0 Å². The minimum Gasteiger partial charge on any atom is -0.377 e. The molecule has 0 rings (SSSR count). The largest absolute Gasteiger partial charge is 0.500 e. The number of nitrogens with zero attached hydrogens (tertiary/aromatic N) is 1. The molecule has 7 heteroatoms. The monoisotopic (exact) mass is 314 g/mol. The van der Waals surface area contributed by atoms with Gasteiger partial charge in [-0.05, 0) is 39.9 Å². The number of hydrogen-bond acceptors (Lipinski definition) is 5. The van der Waals surface area contributed by atoms with E-state index in [-0.39, 0.29) is 23.9 Å². The lowest BCUT2D eigenvalue weighted by Gasteiger charge is -2.36. The Kier molecular flexibility index (Phi) is 10.6. The normalized spacial score (nSPS) is 16.9. The average Bonchev–Trinajstić information content (AvgIpc) is 2.33. The zero-order valence-corrected chi connectivity index (χ0v) is 15.2. The second kappa shape index (κ2) is 9.28. The van der Waals surface area contributed by atoms with Crippen molar-refractivity contribution in [3.05, 3.63) is 0 Å². The molecule has 118 valence electrons. The summed E-state index contributed by atoms with van der Waals surface area (Å²) in [6.07, 6.45) is 0.933. The van der Waals surface area contributed by atoms with Crippen molar-refractivity contribution < 1.29 is 13.3 Å². The Morgan fingerprint density at radius 3 is 1.89 bits per heavy atom. The molecule has 2 atom stereocenters. The van der Waals surface area contributed by atoms with Gasteiger partial charge in [-0.25, -0.2) is 0 Å². The summed E-state index contributed by atoms with van der Waals surface area (Å²) in [4.78, 5) is 2.14. The van der Waals surface area contributed by atoms with Crippen LogP contribution >= 0.6 is 12.4 Å². The van der Waals surface area contributed by atoms with E-state index in [1.165, 1.54) is 0 Å². The molecule has 0 aromatic heterocycles. The number of hydrogen-bond donors (Lipinski definition) is 1. The maximum Gasteiger partial charge on any atom is 0.500 e. The predicted octanol–water partition coefficient (Wildman–Crippen LogP) is 1.59. The Balaban J connectivity index is 0. The Morgan fingerprint density at radius 1 is 1.16 bits per heavy atom. The van der Waals surface area contributed by atoms with Gasteiger partial charge in [0.25, 0.3) is 0 Å². The number of nitrogens with two attached hydrogens (primary N) is 1. The Bertz CT molecular complexity index is 231. The van der Waals surface area contributed by atoms with E-state index >= 15 is 0 Å². The van der Waals surface area contributed by atoms with Gasteiger partial charge in [-0.1, -0.05) is 6.92 Å². The van der Waals surface area contributed by atoms with Gasteiger partial charge < -0.3 is 23.9 Å². The third-order valence-corrected chi connectivity index (χ3v) is 6.69. The minimum atomic E-state index is -2.54. The zero-order chi connectivity index (χ0) is 14.4. The zero-order valence-electron chi connectivity index (χ0n) is 13.4. The van der Waals surface area contributed by atoms with Crippen LogP contribution in [0.4, 0.5) is 0 Å². The summed E-state index contributed by atoms with van der Waals surface area (Å²) < 4.78 is 16.4. The molecule has 0 aliphatic heterocycles. The lowest BCUT2D eigenvalue weighted by molar-refractivity contribution is 0.111. The highest BCUT2D eigenvalue weighted by atomic mass is 35.5. The summed E-state index contributed by atoms with van der Waals surface area (Å²) in [5.74, 6) is 0.268. The van der Waals surface area contributed by atoms with Crippen LogP contribution in [0.15, 0.2) is 0 Å². The third kappa shape index (κ3) is 7.03. The molecule has 0 aromatic carbocycles. The van der Waals surface area contributed by atoms with Gasteiger partial charge in [0.15, 0.2) is 0 Å². The molecule has 0 heterocycles. The molecular weight excluding hydrogens is 284 g/mol. The SMILES string of the molecule is CO[Si](CC(C)C(C)(N)CCN(C)C)(OC)OC.Cl. The molecule has 2 unspecified atom stereocenters. The van der Waals surface area contributed by atoms with E-state index in [4.69, 9.17) is 19.0 Å². The first-order chi connectivity index (χ1) is 8.23. The van der Waals surface area contributed by atoms with Gasteiger partial charge in [-0.15, -0.1) is 12.4 Å². The van der Waals surface area contributed by atoms with Crippen LogP contribution in [0.2, 0.25) is 6.04 Å². The van der Waals surface area contributed by atoms with E-state index in [1.54, 1.807) is 21.3 Å². The number of rotatable bonds is 9. The van der Waals surface area contributed by atoms with Crippen molar-refractivity contribution in [1.29, 1.82) is 0 Å². The van der Waals surface area contributed by atoms with Crippen LogP contribution in [0.25, 0.3) is 0 Å². The molecule has 19 heavy (non-hydrogen) atoms. The highest BCUT2D eigenvalue weighted by molar-refractivity contribution is 6.60. The topological polar surface area (TPSA) is 57.0 Å². The van der Waals surface area contributed by atoms with Gasteiger partial charge in [0, 0.05) is 32.9 Å². The van der Waals surface area contributed by atoms with Crippen LogP contribution in [0.3, 0.4) is 0 Å². The second-order valence-corrected chi connectivity index (χ2v) is 8.46. The summed E-state index contributed by atoms with van der Waals surface area (Å²) in [6.45, 7) is 5.19. The standard InChI is InChI=1S/C12H30N2O3Si.ClH/c1-11(10-18(15-5,16-6)17-7)12(2,13)8-9-14(3)4;/h11H,8-10,13H2,1-7H3;1H. The van der Waals surface area contributed by atoms with Crippen molar-refractivity contribution in [3.63, 3.8) is 0 Å². The summed E-state index contributed by atoms with van der Waals surface area (Å²) in [5, 5.41) is 0. The van der Waals surface area contributed by atoms with Crippen molar-refractivity contribution in [1.82, 2.24) is 4.90 Å². The maximum absolute atomic E-state index is 6.41. The van der Waals surface area contributed by atoms with Crippen LogP contribution in [0.1, 0.15) is 20.3 Å². The summed E-state index contributed by atoms with van der Waals surface area (Å²) in [5.41, 5.74) is 6.16. The number of halogens is 1. The van der Waals surface area contributed by atoms with Crippen molar-refractivity contribution >= 4 is 21.2 Å². The van der Waals surface area contributed by atoms with Gasteiger partial charge in [-0.3, -0.25) is 0 Å².